The van der Waals surface area contributed by atoms with Crippen LogP contribution in [-0.4, -0.2) is 33.8 Å². The van der Waals surface area contributed by atoms with Crippen LogP contribution in [0.5, 0.6) is 0 Å². The molecule has 0 aromatic heterocycles. The summed E-state index contributed by atoms with van der Waals surface area (Å²) in [7, 11) is 0. The highest BCUT2D eigenvalue weighted by Gasteiger charge is 2.26. The van der Waals surface area contributed by atoms with E-state index < -0.39 is 17.8 Å². The van der Waals surface area contributed by atoms with Crippen LogP contribution in [0.2, 0.25) is 0 Å². The van der Waals surface area contributed by atoms with Crippen LogP contribution >= 0.6 is 11.8 Å². The summed E-state index contributed by atoms with van der Waals surface area (Å²) in [5, 5.41) is 11.1. The van der Waals surface area contributed by atoms with Crippen molar-refractivity contribution in [3.05, 3.63) is 11.1 Å². The first-order valence-electron chi connectivity index (χ1n) is 4.88. The molecule has 0 spiro atoms. The van der Waals surface area contributed by atoms with Crippen molar-refractivity contribution >= 4 is 34.7 Å². The number of rotatable bonds is 3. The van der Waals surface area contributed by atoms with Gasteiger partial charge in [-0.05, 0) is 13.8 Å². The van der Waals surface area contributed by atoms with Gasteiger partial charge in [0.1, 0.15) is 5.57 Å². The van der Waals surface area contributed by atoms with E-state index in [0.29, 0.717) is 5.57 Å². The summed E-state index contributed by atoms with van der Waals surface area (Å²) in [6.07, 6.45) is -0.0523. The molecule has 0 radical (unpaired) electrons. The fourth-order valence-electron chi connectivity index (χ4n) is 1.18. The molecule has 1 heterocycles. The van der Waals surface area contributed by atoms with Gasteiger partial charge in [0, 0.05) is 5.75 Å². The van der Waals surface area contributed by atoms with Gasteiger partial charge in [0.2, 0.25) is 0 Å². The minimum Gasteiger partial charge on any atom is -0.481 e. The van der Waals surface area contributed by atoms with Crippen molar-refractivity contribution in [2.75, 3.05) is 5.75 Å². The second kappa shape index (κ2) is 5.62. The van der Waals surface area contributed by atoms with E-state index >= 15 is 0 Å². The summed E-state index contributed by atoms with van der Waals surface area (Å²) in [6, 6.07) is 0. The summed E-state index contributed by atoms with van der Waals surface area (Å²) < 4.78 is 0. The molecule has 1 rings (SSSR count). The van der Waals surface area contributed by atoms with Gasteiger partial charge in [0.25, 0.3) is 11.8 Å². The number of amidine groups is 1. The topological polar surface area (TPSA) is 95.8 Å². The standard InChI is InChI=1S/C10H12N2O4S/c1-5(2)7-8(15)11-10(12-9(7)16)17-4-3-6(13)14/h3-4H2,1-2H3,(H,13,14)(H,11,12,15,16). The third-order valence-corrected chi connectivity index (χ3v) is 2.79. The van der Waals surface area contributed by atoms with Crippen LogP contribution in [0.3, 0.4) is 0 Å². The third kappa shape index (κ3) is 3.70. The van der Waals surface area contributed by atoms with Gasteiger partial charge in [0.05, 0.1) is 6.42 Å². The van der Waals surface area contributed by atoms with Crippen molar-refractivity contribution in [1.82, 2.24) is 5.32 Å². The highest BCUT2D eigenvalue weighted by atomic mass is 32.2. The molecule has 2 amide bonds. The summed E-state index contributed by atoms with van der Waals surface area (Å²) in [4.78, 5) is 37.1. The van der Waals surface area contributed by atoms with Gasteiger partial charge in [0.15, 0.2) is 5.17 Å². The molecule has 0 bridgehead atoms. The number of thioether (sulfide) groups is 1. The lowest BCUT2D eigenvalue weighted by molar-refractivity contribution is -0.136. The molecule has 2 N–H and O–H groups in total. The van der Waals surface area contributed by atoms with Crippen LogP contribution in [0, 0.1) is 0 Å². The summed E-state index contributed by atoms with van der Waals surface area (Å²) in [5.74, 6) is -1.74. The fraction of sp³-hybridized carbons (Fsp3) is 0.400. The minimum absolute atomic E-state index is 0.0487. The SMILES string of the molecule is CC(C)=C1C(=O)N=C(SCCC(=O)O)NC1=O. The second-order valence-electron chi connectivity index (χ2n) is 3.54. The molecule has 92 valence electrons. The zero-order valence-corrected chi connectivity index (χ0v) is 10.3. The Hall–Kier alpha value is -1.63. The third-order valence-electron chi connectivity index (χ3n) is 1.92. The first-order chi connectivity index (χ1) is 7.91. The van der Waals surface area contributed by atoms with Crippen LogP contribution in [0.1, 0.15) is 20.3 Å². The van der Waals surface area contributed by atoms with Crippen LogP contribution in [0.4, 0.5) is 0 Å². The number of carbonyl (C=O) groups excluding carboxylic acids is 2. The van der Waals surface area contributed by atoms with Crippen LogP contribution in [0.25, 0.3) is 0 Å². The predicted molar refractivity (Wildman–Crippen MR) is 63.7 cm³/mol. The average molecular weight is 256 g/mol. The van der Waals surface area contributed by atoms with Crippen LogP contribution in [-0.2, 0) is 14.4 Å². The molecule has 0 aromatic rings. The number of carboxylic acid groups (broad SMARTS) is 1. The monoisotopic (exact) mass is 256 g/mol. The van der Waals surface area contributed by atoms with Crippen molar-refractivity contribution in [3.63, 3.8) is 0 Å². The van der Waals surface area contributed by atoms with Gasteiger partial charge in [-0.1, -0.05) is 17.3 Å². The van der Waals surface area contributed by atoms with E-state index in [4.69, 9.17) is 5.11 Å². The van der Waals surface area contributed by atoms with E-state index in [1.807, 2.05) is 0 Å². The number of carboxylic acids is 1. The predicted octanol–water partition coefficient (Wildman–Crippen LogP) is 0.543. The average Bonchev–Trinajstić information content (AvgIpc) is 2.14. The van der Waals surface area contributed by atoms with Crippen molar-refractivity contribution in [2.24, 2.45) is 4.99 Å². The highest BCUT2D eigenvalue weighted by molar-refractivity contribution is 8.13. The lowest BCUT2D eigenvalue weighted by atomic mass is 10.1. The Morgan fingerprint density at radius 1 is 1.41 bits per heavy atom. The molecular weight excluding hydrogens is 244 g/mol. The largest absolute Gasteiger partial charge is 0.481 e. The molecule has 0 aliphatic carbocycles. The van der Waals surface area contributed by atoms with Crippen molar-refractivity contribution in [3.8, 4) is 0 Å². The quantitative estimate of drug-likeness (QED) is 0.567. The summed E-state index contributed by atoms with van der Waals surface area (Å²) in [6.45, 7) is 3.32. The van der Waals surface area contributed by atoms with E-state index in [9.17, 15) is 14.4 Å². The van der Waals surface area contributed by atoms with Gasteiger partial charge in [-0.2, -0.15) is 4.99 Å². The Kier molecular flexibility index (Phi) is 4.45. The first-order valence-corrected chi connectivity index (χ1v) is 5.87. The molecular formula is C10H12N2O4S. The molecule has 6 nitrogen and oxygen atoms in total. The van der Waals surface area contributed by atoms with Crippen molar-refractivity contribution in [2.45, 2.75) is 20.3 Å². The van der Waals surface area contributed by atoms with Crippen molar-refractivity contribution < 1.29 is 19.5 Å². The molecule has 0 saturated carbocycles. The van der Waals surface area contributed by atoms with Gasteiger partial charge in [-0.25, -0.2) is 0 Å². The molecule has 1 aliphatic heterocycles. The number of hydrogen-bond donors (Lipinski definition) is 2. The molecule has 1 aliphatic rings. The van der Waals surface area contributed by atoms with Crippen molar-refractivity contribution in [1.29, 1.82) is 0 Å². The van der Waals surface area contributed by atoms with Crippen LogP contribution < -0.4 is 5.32 Å². The number of nitrogens with one attached hydrogen (secondary N) is 1. The zero-order valence-electron chi connectivity index (χ0n) is 9.44. The number of nitrogens with zero attached hydrogens (tertiary/aromatic N) is 1. The Morgan fingerprint density at radius 3 is 2.53 bits per heavy atom. The normalized spacial score (nSPS) is 15.4. The molecule has 17 heavy (non-hydrogen) atoms. The fourth-order valence-corrected chi connectivity index (χ4v) is 1.96. The van der Waals surface area contributed by atoms with Gasteiger partial charge in [-0.3, -0.25) is 14.4 Å². The first kappa shape index (κ1) is 13.4. The van der Waals surface area contributed by atoms with E-state index in [1.165, 1.54) is 0 Å². The Balaban J connectivity index is 2.71. The Bertz CT molecular complexity index is 436. The van der Waals surface area contributed by atoms with Crippen LogP contribution in [0.15, 0.2) is 16.1 Å². The second-order valence-corrected chi connectivity index (χ2v) is 4.63. The van der Waals surface area contributed by atoms with Gasteiger partial charge < -0.3 is 10.4 Å². The highest BCUT2D eigenvalue weighted by Crippen LogP contribution is 2.14. The van der Waals surface area contributed by atoms with Gasteiger partial charge in [-0.15, -0.1) is 0 Å². The maximum atomic E-state index is 11.6. The Morgan fingerprint density at radius 2 is 2.06 bits per heavy atom. The lowest BCUT2D eigenvalue weighted by Gasteiger charge is -2.14. The molecule has 0 fully saturated rings. The molecule has 0 unspecified atom stereocenters. The number of aliphatic imine (C=N–C) groups is 1. The van der Waals surface area contributed by atoms with E-state index in [2.05, 4.69) is 10.3 Å². The lowest BCUT2D eigenvalue weighted by Crippen LogP contribution is -2.37. The van der Waals surface area contributed by atoms with E-state index in [1.54, 1.807) is 13.8 Å². The number of carbonyl (C=O) groups is 3. The van der Waals surface area contributed by atoms with Gasteiger partial charge >= 0.3 is 5.97 Å². The zero-order chi connectivity index (χ0) is 13.0. The summed E-state index contributed by atoms with van der Waals surface area (Å²) >= 11 is 1.04. The van der Waals surface area contributed by atoms with E-state index in [0.717, 1.165) is 11.8 Å². The number of amides is 2. The summed E-state index contributed by atoms with van der Waals surface area (Å²) in [5.41, 5.74) is 0.651. The molecule has 0 saturated heterocycles. The van der Waals surface area contributed by atoms with E-state index in [-0.39, 0.29) is 22.9 Å². The molecule has 0 atom stereocenters. The molecule has 0 aromatic carbocycles. The number of allylic oxidation sites excluding steroid dienone is 1. The minimum atomic E-state index is -0.934. The number of aliphatic carboxylic acids is 1. The molecule has 7 heteroatoms. The number of hydrogen-bond acceptors (Lipinski definition) is 4. The maximum absolute atomic E-state index is 11.6. The maximum Gasteiger partial charge on any atom is 0.304 e. The smallest absolute Gasteiger partial charge is 0.304 e. The Labute approximate surface area is 102 Å².